The zero-order valence-corrected chi connectivity index (χ0v) is 10.7. The summed E-state index contributed by atoms with van der Waals surface area (Å²) in [6.45, 7) is 0.0299. The number of hydrogen-bond donors (Lipinski definition) is 2. The molecular weight excluding hydrogens is 250 g/mol. The minimum atomic E-state index is -0.909. The first-order valence-electron chi connectivity index (χ1n) is 5.39. The third-order valence-electron chi connectivity index (χ3n) is 2.28. The average molecular weight is 265 g/mol. The number of ether oxygens (including phenoxy) is 3. The molecule has 0 spiro atoms. The first-order chi connectivity index (χ1) is 9.14. The van der Waals surface area contributed by atoms with Crippen LogP contribution in [-0.2, 0) is 9.53 Å². The number of nitrogens with two attached hydrogens (primary N) is 1. The second-order valence-corrected chi connectivity index (χ2v) is 3.58. The van der Waals surface area contributed by atoms with E-state index in [0.717, 1.165) is 0 Å². The molecule has 0 saturated heterocycles. The van der Waals surface area contributed by atoms with Gasteiger partial charge >= 0.3 is 0 Å². The molecule has 0 fully saturated rings. The van der Waals surface area contributed by atoms with E-state index in [4.69, 9.17) is 25.3 Å². The summed E-state index contributed by atoms with van der Waals surface area (Å²) in [5, 5.41) is 8.89. The van der Waals surface area contributed by atoms with E-state index in [9.17, 15) is 4.79 Å². The third-order valence-corrected chi connectivity index (χ3v) is 2.28. The molecule has 1 unspecified atom stereocenters. The van der Waals surface area contributed by atoms with E-state index < -0.39 is 12.0 Å². The predicted molar refractivity (Wildman–Crippen MR) is 66.3 cm³/mol. The van der Waals surface area contributed by atoms with Crippen LogP contribution in [0.25, 0.3) is 0 Å². The lowest BCUT2D eigenvalue weighted by molar-refractivity contribution is -0.130. The van der Waals surface area contributed by atoms with E-state index in [1.165, 1.54) is 20.3 Å². The number of methoxy groups -OCH3 is 2. The molecule has 1 amide bonds. The van der Waals surface area contributed by atoms with E-state index in [-0.39, 0.29) is 6.61 Å². The first-order valence-corrected chi connectivity index (χ1v) is 5.39. The number of nitrogens with one attached hydrogen (secondary N) is 1. The fourth-order valence-electron chi connectivity index (χ4n) is 1.39. The molecule has 0 aliphatic heterocycles. The van der Waals surface area contributed by atoms with Gasteiger partial charge in [-0.25, -0.2) is 5.84 Å². The Bertz CT molecular complexity index is 484. The Morgan fingerprint density at radius 2 is 2.11 bits per heavy atom. The summed E-state index contributed by atoms with van der Waals surface area (Å²) in [6.07, 6.45) is -0.909. The van der Waals surface area contributed by atoms with Crippen molar-refractivity contribution in [3.63, 3.8) is 0 Å². The lowest BCUT2D eigenvalue weighted by Gasteiger charge is -2.17. The van der Waals surface area contributed by atoms with Gasteiger partial charge in [-0.2, -0.15) is 5.26 Å². The van der Waals surface area contributed by atoms with Gasteiger partial charge in [0.15, 0.2) is 0 Å². The summed E-state index contributed by atoms with van der Waals surface area (Å²) < 4.78 is 15.4. The molecule has 1 atom stereocenters. The standard InChI is InChI=1S/C12H15N3O4/c1-17-7-11(12(16)15-14)19-10-4-8(6-13)3-9(5-10)18-2/h3-5,11H,7,14H2,1-2H3,(H,15,16). The summed E-state index contributed by atoms with van der Waals surface area (Å²) in [5.74, 6) is 5.31. The minimum absolute atomic E-state index is 0.0299. The zero-order valence-electron chi connectivity index (χ0n) is 10.7. The maximum Gasteiger partial charge on any atom is 0.277 e. The Hall–Kier alpha value is -2.30. The fraction of sp³-hybridized carbons (Fsp3) is 0.333. The monoisotopic (exact) mass is 265 g/mol. The maximum atomic E-state index is 11.5. The molecule has 0 aliphatic carbocycles. The van der Waals surface area contributed by atoms with Crippen LogP contribution >= 0.6 is 0 Å². The fourth-order valence-corrected chi connectivity index (χ4v) is 1.39. The SMILES string of the molecule is COCC(Oc1cc(C#N)cc(OC)c1)C(=O)NN. The van der Waals surface area contributed by atoms with Gasteiger partial charge in [0.05, 0.1) is 25.3 Å². The van der Waals surface area contributed by atoms with Crippen LogP contribution in [0, 0.1) is 11.3 Å². The summed E-state index contributed by atoms with van der Waals surface area (Å²) in [4.78, 5) is 11.5. The Balaban J connectivity index is 2.95. The van der Waals surface area contributed by atoms with Crippen molar-refractivity contribution < 1.29 is 19.0 Å². The summed E-state index contributed by atoms with van der Waals surface area (Å²) >= 11 is 0. The van der Waals surface area contributed by atoms with Gasteiger partial charge < -0.3 is 14.2 Å². The van der Waals surface area contributed by atoms with Gasteiger partial charge in [0, 0.05) is 13.2 Å². The highest BCUT2D eigenvalue weighted by Gasteiger charge is 2.20. The molecule has 0 bridgehead atoms. The number of nitrogens with zero attached hydrogens (tertiary/aromatic N) is 1. The van der Waals surface area contributed by atoms with Crippen molar-refractivity contribution in [2.24, 2.45) is 5.84 Å². The largest absolute Gasteiger partial charge is 0.497 e. The summed E-state index contributed by atoms with van der Waals surface area (Å²) in [6, 6.07) is 6.59. The van der Waals surface area contributed by atoms with E-state index in [0.29, 0.717) is 17.1 Å². The van der Waals surface area contributed by atoms with Crippen molar-refractivity contribution in [2.75, 3.05) is 20.8 Å². The second-order valence-electron chi connectivity index (χ2n) is 3.58. The number of amides is 1. The molecule has 7 heteroatoms. The van der Waals surface area contributed by atoms with Gasteiger partial charge in [-0.3, -0.25) is 10.2 Å². The number of benzene rings is 1. The van der Waals surface area contributed by atoms with Crippen molar-refractivity contribution in [1.82, 2.24) is 5.43 Å². The normalized spacial score (nSPS) is 11.3. The topological polar surface area (TPSA) is 107 Å². The number of carbonyl (C=O) groups is 1. The molecule has 0 aromatic heterocycles. The zero-order chi connectivity index (χ0) is 14.3. The molecule has 0 saturated carbocycles. The quantitative estimate of drug-likeness (QED) is 0.424. The van der Waals surface area contributed by atoms with E-state index >= 15 is 0 Å². The van der Waals surface area contributed by atoms with Gasteiger partial charge in [-0.15, -0.1) is 0 Å². The highest BCUT2D eigenvalue weighted by Crippen LogP contribution is 2.23. The molecule has 0 aliphatic rings. The average Bonchev–Trinajstić information content (AvgIpc) is 2.45. The lowest BCUT2D eigenvalue weighted by atomic mass is 10.2. The third kappa shape index (κ3) is 4.13. The number of hydrogen-bond acceptors (Lipinski definition) is 6. The van der Waals surface area contributed by atoms with Gasteiger partial charge in [-0.1, -0.05) is 0 Å². The Labute approximate surface area is 110 Å². The molecule has 19 heavy (non-hydrogen) atoms. The van der Waals surface area contributed by atoms with Crippen LogP contribution in [0.5, 0.6) is 11.5 Å². The highest BCUT2D eigenvalue weighted by atomic mass is 16.5. The van der Waals surface area contributed by atoms with Crippen molar-refractivity contribution in [2.45, 2.75) is 6.10 Å². The highest BCUT2D eigenvalue weighted by molar-refractivity contribution is 5.80. The molecule has 1 rings (SSSR count). The van der Waals surface area contributed by atoms with Crippen LogP contribution < -0.4 is 20.7 Å². The van der Waals surface area contributed by atoms with Crippen molar-refractivity contribution in [3.05, 3.63) is 23.8 Å². The number of carbonyl (C=O) groups excluding carboxylic acids is 1. The van der Waals surface area contributed by atoms with Crippen LogP contribution in [0.3, 0.4) is 0 Å². The van der Waals surface area contributed by atoms with E-state index in [1.54, 1.807) is 12.1 Å². The summed E-state index contributed by atoms with van der Waals surface area (Å²) in [5.41, 5.74) is 2.35. The van der Waals surface area contributed by atoms with Crippen molar-refractivity contribution in [3.8, 4) is 17.6 Å². The molecule has 7 nitrogen and oxygen atoms in total. The second kappa shape index (κ2) is 7.20. The molecule has 102 valence electrons. The number of rotatable bonds is 6. The molecule has 3 N–H and O–H groups in total. The van der Waals surface area contributed by atoms with Gasteiger partial charge in [0.25, 0.3) is 5.91 Å². The van der Waals surface area contributed by atoms with Crippen LogP contribution in [-0.4, -0.2) is 32.8 Å². The first kappa shape index (κ1) is 14.8. The Kier molecular flexibility index (Phi) is 5.60. The van der Waals surface area contributed by atoms with E-state index in [2.05, 4.69) is 0 Å². The van der Waals surface area contributed by atoms with Crippen LogP contribution in [0.15, 0.2) is 18.2 Å². The molecular formula is C12H15N3O4. The van der Waals surface area contributed by atoms with Gasteiger partial charge in [-0.05, 0) is 12.1 Å². The maximum absolute atomic E-state index is 11.5. The smallest absolute Gasteiger partial charge is 0.277 e. The molecule has 0 radical (unpaired) electrons. The van der Waals surface area contributed by atoms with Crippen LogP contribution in [0.2, 0.25) is 0 Å². The Morgan fingerprint density at radius 3 is 2.63 bits per heavy atom. The predicted octanol–water partition coefficient (Wildman–Crippen LogP) is -0.0494. The molecule has 1 aromatic carbocycles. The van der Waals surface area contributed by atoms with Crippen LogP contribution in [0.4, 0.5) is 0 Å². The van der Waals surface area contributed by atoms with Crippen molar-refractivity contribution >= 4 is 5.91 Å². The lowest BCUT2D eigenvalue weighted by Crippen LogP contribution is -2.44. The number of hydrazine groups is 1. The van der Waals surface area contributed by atoms with Gasteiger partial charge in [0.1, 0.15) is 11.5 Å². The molecule has 1 aromatic rings. The van der Waals surface area contributed by atoms with E-state index in [1.807, 2.05) is 11.5 Å². The van der Waals surface area contributed by atoms with Gasteiger partial charge in [0.2, 0.25) is 6.10 Å². The van der Waals surface area contributed by atoms with Crippen molar-refractivity contribution in [1.29, 1.82) is 5.26 Å². The van der Waals surface area contributed by atoms with Crippen LogP contribution in [0.1, 0.15) is 5.56 Å². The molecule has 0 heterocycles. The summed E-state index contributed by atoms with van der Waals surface area (Å²) in [7, 11) is 2.91. The Morgan fingerprint density at radius 1 is 1.42 bits per heavy atom. The number of nitriles is 1. The minimum Gasteiger partial charge on any atom is -0.497 e.